The molecule has 31 heavy (non-hydrogen) atoms. The summed E-state index contributed by atoms with van der Waals surface area (Å²) < 4.78 is 0.836. The van der Waals surface area contributed by atoms with Gasteiger partial charge < -0.3 is 10.6 Å². The number of halogens is 1. The molecule has 2 aromatic rings. The van der Waals surface area contributed by atoms with Gasteiger partial charge >= 0.3 is 0 Å². The van der Waals surface area contributed by atoms with Gasteiger partial charge in [-0.1, -0.05) is 38.1 Å². The van der Waals surface area contributed by atoms with Crippen molar-refractivity contribution < 1.29 is 9.59 Å². The minimum atomic E-state index is -0.406. The number of Topliss-reactive ketones (excluding diaryl/α,β-unsaturated/α-hetero) is 1. The van der Waals surface area contributed by atoms with E-state index in [-0.39, 0.29) is 17.1 Å². The van der Waals surface area contributed by atoms with Crippen molar-refractivity contribution in [1.29, 1.82) is 0 Å². The van der Waals surface area contributed by atoms with E-state index in [0.29, 0.717) is 23.4 Å². The topological polar surface area (TPSA) is 71.1 Å². The van der Waals surface area contributed by atoms with Gasteiger partial charge in [-0.15, -0.1) is 0 Å². The summed E-state index contributed by atoms with van der Waals surface area (Å²) in [5.41, 5.74) is 4.91. The van der Waals surface area contributed by atoms with Crippen LogP contribution in [0.15, 0.2) is 69.6 Å². The van der Waals surface area contributed by atoms with Gasteiger partial charge in [-0.05, 0) is 64.9 Å². The number of benzene rings is 1. The first kappa shape index (κ1) is 21.5. The minimum Gasteiger partial charge on any atom is -0.362 e. The Morgan fingerprint density at radius 2 is 1.90 bits per heavy atom. The molecule has 0 spiro atoms. The fourth-order valence-corrected chi connectivity index (χ4v) is 4.83. The van der Waals surface area contributed by atoms with Crippen LogP contribution < -0.4 is 10.6 Å². The van der Waals surface area contributed by atoms with Crippen molar-refractivity contribution in [2.75, 3.05) is 5.32 Å². The van der Waals surface area contributed by atoms with E-state index in [1.165, 1.54) is 0 Å². The van der Waals surface area contributed by atoms with Gasteiger partial charge in [-0.25, -0.2) is 4.98 Å². The largest absolute Gasteiger partial charge is 0.362 e. The van der Waals surface area contributed by atoms with E-state index < -0.39 is 5.92 Å². The number of hydrogen-bond donors (Lipinski definition) is 2. The second-order valence-corrected chi connectivity index (χ2v) is 10.0. The number of aryl methyl sites for hydroxylation is 1. The minimum absolute atomic E-state index is 0.103. The molecule has 0 saturated heterocycles. The lowest BCUT2D eigenvalue weighted by Gasteiger charge is -2.40. The number of hydrogen-bond acceptors (Lipinski definition) is 4. The number of aromatic nitrogens is 1. The van der Waals surface area contributed by atoms with E-state index in [1.54, 1.807) is 12.3 Å². The highest BCUT2D eigenvalue weighted by molar-refractivity contribution is 9.10. The Labute approximate surface area is 191 Å². The van der Waals surface area contributed by atoms with Gasteiger partial charge in [0.15, 0.2) is 5.78 Å². The Kier molecular flexibility index (Phi) is 5.60. The number of pyridine rings is 1. The van der Waals surface area contributed by atoms with E-state index in [9.17, 15) is 9.59 Å². The summed E-state index contributed by atoms with van der Waals surface area (Å²) in [4.78, 5) is 31.1. The average Bonchev–Trinajstić information content (AvgIpc) is 2.68. The molecule has 1 aliphatic heterocycles. The summed E-state index contributed by atoms with van der Waals surface area (Å²) in [6.07, 6.45) is 2.89. The molecule has 2 heterocycles. The van der Waals surface area contributed by atoms with E-state index in [1.807, 2.05) is 44.2 Å². The monoisotopic (exact) mass is 479 g/mol. The second-order valence-electron chi connectivity index (χ2n) is 9.10. The predicted molar refractivity (Wildman–Crippen MR) is 125 cm³/mol. The van der Waals surface area contributed by atoms with Crippen LogP contribution in [-0.4, -0.2) is 16.7 Å². The molecule has 5 nitrogen and oxygen atoms in total. The van der Waals surface area contributed by atoms with Crippen LogP contribution in [-0.2, 0) is 9.59 Å². The molecule has 1 aromatic carbocycles. The number of ketones is 1. The van der Waals surface area contributed by atoms with Crippen LogP contribution >= 0.6 is 15.9 Å². The molecule has 0 fully saturated rings. The van der Waals surface area contributed by atoms with Gasteiger partial charge in [0, 0.05) is 45.5 Å². The zero-order valence-corrected chi connectivity index (χ0v) is 19.8. The van der Waals surface area contributed by atoms with Crippen molar-refractivity contribution in [2.45, 2.75) is 46.5 Å². The van der Waals surface area contributed by atoms with Crippen LogP contribution in [0.5, 0.6) is 0 Å². The quantitative estimate of drug-likeness (QED) is 0.618. The molecule has 160 valence electrons. The van der Waals surface area contributed by atoms with Gasteiger partial charge in [0.05, 0.1) is 0 Å². The molecule has 2 N–H and O–H groups in total. The molecular formula is C25H26BrN3O2. The summed E-state index contributed by atoms with van der Waals surface area (Å²) in [7, 11) is 0. The maximum Gasteiger partial charge on any atom is 0.255 e. The van der Waals surface area contributed by atoms with Crippen molar-refractivity contribution in [1.82, 2.24) is 10.3 Å². The van der Waals surface area contributed by atoms with Gasteiger partial charge in [0.25, 0.3) is 5.91 Å². The molecule has 0 unspecified atom stereocenters. The second kappa shape index (κ2) is 8.08. The van der Waals surface area contributed by atoms with Crippen molar-refractivity contribution in [3.05, 3.63) is 80.7 Å². The molecule has 0 saturated carbocycles. The van der Waals surface area contributed by atoms with Crippen molar-refractivity contribution >= 4 is 33.4 Å². The van der Waals surface area contributed by atoms with Crippen molar-refractivity contribution in [3.63, 3.8) is 0 Å². The third-order valence-electron chi connectivity index (χ3n) is 5.95. The summed E-state index contributed by atoms with van der Waals surface area (Å²) in [5.74, 6) is -0.0896. The van der Waals surface area contributed by atoms with Crippen LogP contribution in [0.25, 0.3) is 0 Å². The lowest BCUT2D eigenvalue weighted by Crippen LogP contribution is -2.39. The highest BCUT2D eigenvalue weighted by Gasteiger charge is 2.43. The first-order valence-electron chi connectivity index (χ1n) is 10.4. The Balaban J connectivity index is 1.81. The standard InChI is InChI=1S/C25H26BrN3O2/c1-14-7-5-6-8-17(14)22-21(24(31)29-20-10-9-16(26)13-27-20)15(2)28-18-11-25(3,4)12-19(30)23(18)22/h5-10,13,22,28H,11-12H2,1-4H3,(H,27,29,31)/t22-/m0/s1. The van der Waals surface area contributed by atoms with E-state index in [4.69, 9.17) is 0 Å². The number of carbonyl (C=O) groups excluding carboxylic acids is 2. The number of carbonyl (C=O) groups is 2. The Morgan fingerprint density at radius 1 is 1.16 bits per heavy atom. The van der Waals surface area contributed by atoms with Crippen molar-refractivity contribution in [2.24, 2.45) is 5.41 Å². The number of dihydropyridines is 1. The Bertz CT molecular complexity index is 1130. The zero-order valence-electron chi connectivity index (χ0n) is 18.2. The number of nitrogens with one attached hydrogen (secondary N) is 2. The molecule has 1 aromatic heterocycles. The molecule has 1 amide bonds. The molecule has 1 atom stereocenters. The highest BCUT2D eigenvalue weighted by Crippen LogP contribution is 2.47. The first-order chi connectivity index (χ1) is 14.7. The van der Waals surface area contributed by atoms with Crippen LogP contribution in [0, 0.1) is 12.3 Å². The van der Waals surface area contributed by atoms with Crippen molar-refractivity contribution in [3.8, 4) is 0 Å². The number of anilines is 1. The van der Waals surface area contributed by atoms with Crippen LogP contribution in [0.3, 0.4) is 0 Å². The van der Waals surface area contributed by atoms with Crippen LogP contribution in [0.2, 0.25) is 0 Å². The molecule has 4 rings (SSSR count). The fourth-order valence-electron chi connectivity index (χ4n) is 4.59. The van der Waals surface area contributed by atoms with Gasteiger partial charge in [-0.3, -0.25) is 9.59 Å². The first-order valence-corrected chi connectivity index (χ1v) is 11.2. The summed E-state index contributed by atoms with van der Waals surface area (Å²) in [5, 5.41) is 6.31. The van der Waals surface area contributed by atoms with Gasteiger partial charge in [-0.2, -0.15) is 0 Å². The van der Waals surface area contributed by atoms with Crippen LogP contribution in [0.1, 0.15) is 50.7 Å². The summed E-state index contributed by atoms with van der Waals surface area (Å²) in [6, 6.07) is 11.6. The van der Waals surface area contributed by atoms with E-state index >= 15 is 0 Å². The Morgan fingerprint density at radius 3 is 2.58 bits per heavy atom. The lowest BCUT2D eigenvalue weighted by molar-refractivity contribution is -0.118. The SMILES string of the molecule is CC1=C(C(=O)Nc2ccc(Br)cn2)[C@H](c2ccccc2C)C2=C(CC(C)(C)CC2=O)N1. The van der Waals surface area contributed by atoms with Gasteiger partial charge in [0.1, 0.15) is 5.82 Å². The zero-order chi connectivity index (χ0) is 22.3. The number of amides is 1. The summed E-state index contributed by atoms with van der Waals surface area (Å²) in [6.45, 7) is 8.15. The lowest BCUT2D eigenvalue weighted by atomic mass is 9.68. The molecule has 0 radical (unpaired) electrons. The number of nitrogens with zero attached hydrogens (tertiary/aromatic N) is 1. The molecule has 2 aliphatic rings. The molecular weight excluding hydrogens is 454 g/mol. The maximum atomic E-state index is 13.5. The fraction of sp³-hybridized carbons (Fsp3) is 0.320. The summed E-state index contributed by atoms with van der Waals surface area (Å²) >= 11 is 3.36. The van der Waals surface area contributed by atoms with E-state index in [0.717, 1.165) is 33.4 Å². The predicted octanol–water partition coefficient (Wildman–Crippen LogP) is 5.40. The molecule has 0 bridgehead atoms. The molecule has 6 heteroatoms. The smallest absolute Gasteiger partial charge is 0.255 e. The third-order valence-corrected chi connectivity index (χ3v) is 6.42. The van der Waals surface area contributed by atoms with E-state index in [2.05, 4.69) is 45.4 Å². The van der Waals surface area contributed by atoms with Crippen LogP contribution in [0.4, 0.5) is 5.82 Å². The maximum absolute atomic E-state index is 13.5. The normalized spacial score (nSPS) is 20.3. The number of rotatable bonds is 3. The molecule has 1 aliphatic carbocycles. The average molecular weight is 480 g/mol. The highest BCUT2D eigenvalue weighted by atomic mass is 79.9. The third kappa shape index (κ3) is 4.22. The Hall–Kier alpha value is -2.73. The van der Waals surface area contributed by atoms with Gasteiger partial charge in [0.2, 0.25) is 0 Å². The number of allylic oxidation sites excluding steroid dienone is 3.